The van der Waals surface area contributed by atoms with Gasteiger partial charge in [-0.05, 0) is 37.6 Å². The zero-order chi connectivity index (χ0) is 22.9. The molecular weight excluding hydrogens is 437 g/mol. The maximum Gasteiger partial charge on any atom is 0.203 e. The van der Waals surface area contributed by atoms with Crippen molar-refractivity contribution in [1.82, 2.24) is 24.7 Å². The second kappa shape index (κ2) is 8.59. The predicted octanol–water partition coefficient (Wildman–Crippen LogP) is 5.07. The van der Waals surface area contributed by atoms with Gasteiger partial charge in [0.05, 0.1) is 11.2 Å². The van der Waals surface area contributed by atoms with E-state index in [0.29, 0.717) is 18.2 Å². The number of nitrogens with one attached hydrogen (secondary N) is 1. The number of nitrogens with zero attached hydrogens (tertiary/aromatic N) is 5. The largest absolute Gasteiger partial charge is 0.374 e. The first kappa shape index (κ1) is 21.0. The van der Waals surface area contributed by atoms with Gasteiger partial charge in [-0.15, -0.1) is 10.2 Å². The van der Waals surface area contributed by atoms with E-state index in [1.165, 1.54) is 11.3 Å². The van der Waals surface area contributed by atoms with E-state index in [4.69, 9.17) is 5.73 Å². The number of nitrogens with two attached hydrogens (primary N) is 1. The van der Waals surface area contributed by atoms with Crippen LogP contribution in [0, 0.1) is 19.7 Å². The number of benzene rings is 2. The number of anilines is 2. The van der Waals surface area contributed by atoms with Crippen molar-refractivity contribution in [3.63, 3.8) is 0 Å². The SMILES string of the molecule is Cc1cc(F)cc2c1cc(C)n2CCNc1cc(-c2ccc(-c3nnc(N)s3)cc2)ncn1. The molecule has 0 aliphatic carbocycles. The normalized spacial score (nSPS) is 11.2. The number of nitrogen functional groups attached to an aromatic ring is 1. The number of hydrogen-bond donors (Lipinski definition) is 2. The highest BCUT2D eigenvalue weighted by Gasteiger charge is 2.10. The molecule has 5 aromatic rings. The van der Waals surface area contributed by atoms with Crippen LogP contribution in [0.25, 0.3) is 32.7 Å². The summed E-state index contributed by atoms with van der Waals surface area (Å²) in [5, 5.41) is 13.6. The Morgan fingerprint density at radius 3 is 2.55 bits per heavy atom. The molecule has 0 saturated carbocycles. The van der Waals surface area contributed by atoms with Gasteiger partial charge in [0.1, 0.15) is 23.0 Å². The fraction of sp³-hybridized carbons (Fsp3) is 0.167. The molecule has 0 fully saturated rings. The average molecular weight is 460 g/mol. The van der Waals surface area contributed by atoms with Crippen molar-refractivity contribution in [2.45, 2.75) is 20.4 Å². The van der Waals surface area contributed by atoms with Crippen LogP contribution < -0.4 is 11.1 Å². The van der Waals surface area contributed by atoms with Crippen molar-refractivity contribution in [1.29, 1.82) is 0 Å². The number of halogens is 1. The van der Waals surface area contributed by atoms with Crippen LogP contribution >= 0.6 is 11.3 Å². The molecule has 0 unspecified atom stereocenters. The van der Waals surface area contributed by atoms with Gasteiger partial charge in [-0.2, -0.15) is 0 Å². The molecule has 3 N–H and O–H groups in total. The first-order valence-corrected chi connectivity index (χ1v) is 11.3. The minimum Gasteiger partial charge on any atom is -0.374 e. The lowest BCUT2D eigenvalue weighted by atomic mass is 10.1. The molecule has 5 rings (SSSR count). The highest BCUT2D eigenvalue weighted by atomic mass is 32.1. The summed E-state index contributed by atoms with van der Waals surface area (Å²) >= 11 is 1.35. The van der Waals surface area contributed by atoms with E-state index >= 15 is 0 Å². The average Bonchev–Trinajstić information content (AvgIpc) is 3.38. The Hall–Kier alpha value is -3.85. The molecule has 3 heterocycles. The molecule has 9 heteroatoms. The standard InChI is InChI=1S/C24H22FN7S/c1-14-9-18(25)11-21-19(14)10-15(2)32(21)8-7-27-22-12-20(28-13-29-22)16-3-5-17(6-4-16)23-30-31-24(26)33-23/h3-6,9-13H,7-8H2,1-2H3,(H2,26,31)(H,27,28,29). The smallest absolute Gasteiger partial charge is 0.203 e. The molecule has 0 aliphatic rings. The molecule has 0 saturated heterocycles. The Kier molecular flexibility index (Phi) is 5.47. The number of aromatic nitrogens is 5. The van der Waals surface area contributed by atoms with E-state index < -0.39 is 0 Å². The third kappa shape index (κ3) is 4.27. The van der Waals surface area contributed by atoms with Crippen LogP contribution in [0.15, 0.2) is 54.9 Å². The number of fused-ring (bicyclic) bond motifs is 1. The first-order chi connectivity index (χ1) is 16.0. The summed E-state index contributed by atoms with van der Waals surface area (Å²) in [4.78, 5) is 8.75. The molecule has 166 valence electrons. The highest BCUT2D eigenvalue weighted by molar-refractivity contribution is 7.18. The van der Waals surface area contributed by atoms with E-state index in [1.807, 2.05) is 44.2 Å². The fourth-order valence-electron chi connectivity index (χ4n) is 3.96. The van der Waals surface area contributed by atoms with Crippen LogP contribution in [0.3, 0.4) is 0 Å². The van der Waals surface area contributed by atoms with E-state index in [-0.39, 0.29) is 5.82 Å². The molecule has 33 heavy (non-hydrogen) atoms. The van der Waals surface area contributed by atoms with Crippen molar-refractivity contribution in [2.24, 2.45) is 0 Å². The van der Waals surface area contributed by atoms with Gasteiger partial charge in [-0.25, -0.2) is 14.4 Å². The third-order valence-corrected chi connectivity index (χ3v) is 6.38. The lowest BCUT2D eigenvalue weighted by molar-refractivity contribution is 0.626. The van der Waals surface area contributed by atoms with E-state index in [9.17, 15) is 4.39 Å². The van der Waals surface area contributed by atoms with E-state index in [1.54, 1.807) is 18.5 Å². The highest BCUT2D eigenvalue weighted by Crippen LogP contribution is 2.28. The van der Waals surface area contributed by atoms with Crippen LogP contribution in [-0.4, -0.2) is 31.3 Å². The summed E-state index contributed by atoms with van der Waals surface area (Å²) in [6.07, 6.45) is 1.55. The Morgan fingerprint density at radius 2 is 1.79 bits per heavy atom. The molecule has 0 spiro atoms. The number of rotatable bonds is 6. The van der Waals surface area contributed by atoms with Crippen molar-refractivity contribution < 1.29 is 4.39 Å². The van der Waals surface area contributed by atoms with Crippen molar-refractivity contribution in [2.75, 3.05) is 17.6 Å². The molecule has 0 atom stereocenters. The summed E-state index contributed by atoms with van der Waals surface area (Å²) in [5.41, 5.74) is 11.4. The van der Waals surface area contributed by atoms with E-state index in [0.717, 1.165) is 49.8 Å². The third-order valence-electron chi connectivity index (χ3n) is 5.58. The first-order valence-electron chi connectivity index (χ1n) is 10.5. The van der Waals surface area contributed by atoms with Crippen molar-refractivity contribution >= 4 is 33.2 Å². The van der Waals surface area contributed by atoms with E-state index in [2.05, 4.69) is 36.1 Å². The van der Waals surface area contributed by atoms with Gasteiger partial charge in [0, 0.05) is 41.4 Å². The Bertz CT molecular complexity index is 1440. The van der Waals surface area contributed by atoms with Gasteiger partial charge in [0.2, 0.25) is 5.13 Å². The van der Waals surface area contributed by atoms with Crippen molar-refractivity contribution in [3.05, 3.63) is 71.9 Å². The predicted molar refractivity (Wildman–Crippen MR) is 131 cm³/mol. The van der Waals surface area contributed by atoms with Gasteiger partial charge in [-0.3, -0.25) is 0 Å². The molecule has 0 bridgehead atoms. The molecule has 0 aliphatic heterocycles. The topological polar surface area (TPSA) is 94.5 Å². The van der Waals surface area contributed by atoms with Crippen LogP contribution in [0.2, 0.25) is 0 Å². The Morgan fingerprint density at radius 1 is 1.00 bits per heavy atom. The van der Waals surface area contributed by atoms with Crippen LogP contribution in [-0.2, 0) is 6.54 Å². The summed E-state index contributed by atoms with van der Waals surface area (Å²) in [5.74, 6) is 0.519. The van der Waals surface area contributed by atoms with Crippen LogP contribution in [0.5, 0.6) is 0 Å². The maximum atomic E-state index is 13.9. The van der Waals surface area contributed by atoms with Gasteiger partial charge in [0.25, 0.3) is 0 Å². The second-order valence-corrected chi connectivity index (χ2v) is 8.84. The molecule has 0 radical (unpaired) electrons. The lowest BCUT2D eigenvalue weighted by Crippen LogP contribution is -2.12. The fourth-order valence-corrected chi connectivity index (χ4v) is 4.58. The monoisotopic (exact) mass is 459 g/mol. The van der Waals surface area contributed by atoms with Gasteiger partial charge in [0.15, 0.2) is 0 Å². The molecular formula is C24H22FN7S. The number of aryl methyl sites for hydroxylation is 2. The number of hydrogen-bond acceptors (Lipinski definition) is 7. The summed E-state index contributed by atoms with van der Waals surface area (Å²) in [6.45, 7) is 5.32. The van der Waals surface area contributed by atoms with Crippen LogP contribution in [0.1, 0.15) is 11.3 Å². The van der Waals surface area contributed by atoms with Gasteiger partial charge < -0.3 is 15.6 Å². The molecule has 7 nitrogen and oxygen atoms in total. The zero-order valence-corrected chi connectivity index (χ0v) is 19.0. The molecule has 0 amide bonds. The van der Waals surface area contributed by atoms with Gasteiger partial charge in [-0.1, -0.05) is 35.6 Å². The van der Waals surface area contributed by atoms with Crippen molar-refractivity contribution in [3.8, 4) is 21.8 Å². The Labute approximate surface area is 194 Å². The molecule has 3 aromatic heterocycles. The van der Waals surface area contributed by atoms with Gasteiger partial charge >= 0.3 is 0 Å². The second-order valence-electron chi connectivity index (χ2n) is 7.83. The Balaban J connectivity index is 1.30. The summed E-state index contributed by atoms with van der Waals surface area (Å²) in [7, 11) is 0. The van der Waals surface area contributed by atoms with Crippen LogP contribution in [0.4, 0.5) is 15.3 Å². The maximum absolute atomic E-state index is 13.9. The molecule has 2 aromatic carbocycles. The quantitative estimate of drug-likeness (QED) is 0.368. The minimum absolute atomic E-state index is 0.214. The zero-order valence-electron chi connectivity index (χ0n) is 18.2. The minimum atomic E-state index is -0.214. The summed E-state index contributed by atoms with van der Waals surface area (Å²) in [6, 6.07) is 15.1. The lowest BCUT2D eigenvalue weighted by Gasteiger charge is -2.11. The summed E-state index contributed by atoms with van der Waals surface area (Å²) < 4.78 is 16.1.